The standard InChI is InChI=1S/C22H22N4O3S/c1-28-17-9-3-2-7-15(17)24-19(27)11-13-26-21(18-10-6-14-29-18)20(25-22(26)30)16-8-4-5-12-23-16/h2-10,12,14,20-21H,11,13H2,1H3,(H,24,27)(H,25,30). The van der Waals surface area contributed by atoms with Crippen LogP contribution in [0.15, 0.2) is 71.5 Å². The fourth-order valence-electron chi connectivity index (χ4n) is 3.60. The number of nitrogens with zero attached hydrogens (tertiary/aromatic N) is 2. The zero-order valence-corrected chi connectivity index (χ0v) is 17.3. The lowest BCUT2D eigenvalue weighted by Gasteiger charge is -2.25. The van der Waals surface area contributed by atoms with Gasteiger partial charge in [-0.25, -0.2) is 0 Å². The Morgan fingerprint density at radius 1 is 1.23 bits per heavy atom. The van der Waals surface area contributed by atoms with Crippen LogP contribution in [0.3, 0.4) is 0 Å². The van der Waals surface area contributed by atoms with Gasteiger partial charge in [0, 0.05) is 19.2 Å². The van der Waals surface area contributed by atoms with Gasteiger partial charge in [-0.2, -0.15) is 0 Å². The Kier molecular flexibility index (Phi) is 5.94. The van der Waals surface area contributed by atoms with E-state index in [1.165, 1.54) is 0 Å². The van der Waals surface area contributed by atoms with Crippen LogP contribution in [0.25, 0.3) is 0 Å². The highest BCUT2D eigenvalue weighted by Crippen LogP contribution is 2.38. The zero-order chi connectivity index (χ0) is 20.9. The van der Waals surface area contributed by atoms with Gasteiger partial charge in [0.15, 0.2) is 5.11 Å². The summed E-state index contributed by atoms with van der Waals surface area (Å²) in [7, 11) is 1.57. The topological polar surface area (TPSA) is 79.6 Å². The second kappa shape index (κ2) is 8.96. The molecule has 2 N–H and O–H groups in total. The number of carbonyl (C=O) groups excluding carboxylic acids is 1. The van der Waals surface area contributed by atoms with E-state index in [2.05, 4.69) is 15.6 Å². The average molecular weight is 423 g/mol. The molecule has 1 aliphatic rings. The molecule has 1 saturated heterocycles. The second-order valence-electron chi connectivity index (χ2n) is 6.83. The summed E-state index contributed by atoms with van der Waals surface area (Å²) in [6.07, 6.45) is 3.65. The van der Waals surface area contributed by atoms with Gasteiger partial charge in [0.1, 0.15) is 17.6 Å². The normalized spacial score (nSPS) is 18.2. The van der Waals surface area contributed by atoms with Crippen molar-refractivity contribution in [3.63, 3.8) is 0 Å². The van der Waals surface area contributed by atoms with Crippen molar-refractivity contribution in [1.82, 2.24) is 15.2 Å². The largest absolute Gasteiger partial charge is 0.495 e. The van der Waals surface area contributed by atoms with Crippen molar-refractivity contribution in [3.05, 3.63) is 78.5 Å². The molecule has 0 bridgehead atoms. The Hall–Kier alpha value is -3.39. The fourth-order valence-corrected chi connectivity index (χ4v) is 3.93. The zero-order valence-electron chi connectivity index (χ0n) is 16.4. The van der Waals surface area contributed by atoms with E-state index >= 15 is 0 Å². The van der Waals surface area contributed by atoms with E-state index in [4.69, 9.17) is 21.4 Å². The number of thiocarbonyl (C=S) groups is 1. The minimum absolute atomic E-state index is 0.123. The number of aromatic nitrogens is 1. The monoisotopic (exact) mass is 422 g/mol. The Labute approximate surface area is 180 Å². The second-order valence-corrected chi connectivity index (χ2v) is 7.22. The summed E-state index contributed by atoms with van der Waals surface area (Å²) < 4.78 is 11.0. The molecule has 2 aromatic heterocycles. The summed E-state index contributed by atoms with van der Waals surface area (Å²) in [5, 5.41) is 6.80. The predicted octanol–water partition coefficient (Wildman–Crippen LogP) is 3.68. The molecule has 2 atom stereocenters. The van der Waals surface area contributed by atoms with Gasteiger partial charge in [0.2, 0.25) is 5.91 Å². The maximum atomic E-state index is 12.6. The first-order valence-corrected chi connectivity index (χ1v) is 10.0. The van der Waals surface area contributed by atoms with E-state index in [1.807, 2.05) is 53.4 Å². The van der Waals surface area contributed by atoms with Crippen LogP contribution in [0.4, 0.5) is 5.69 Å². The lowest BCUT2D eigenvalue weighted by atomic mass is 10.0. The smallest absolute Gasteiger partial charge is 0.226 e. The van der Waals surface area contributed by atoms with Crippen LogP contribution >= 0.6 is 12.2 Å². The number of hydrogen-bond donors (Lipinski definition) is 2. The molecule has 1 fully saturated rings. The molecule has 30 heavy (non-hydrogen) atoms. The number of methoxy groups -OCH3 is 1. The van der Waals surface area contributed by atoms with E-state index in [9.17, 15) is 4.79 Å². The molecule has 3 heterocycles. The van der Waals surface area contributed by atoms with Crippen molar-refractivity contribution >= 4 is 28.9 Å². The van der Waals surface area contributed by atoms with E-state index in [0.29, 0.717) is 23.1 Å². The molecule has 154 valence electrons. The van der Waals surface area contributed by atoms with Crippen molar-refractivity contribution in [2.45, 2.75) is 18.5 Å². The number of para-hydroxylation sites is 2. The number of furan rings is 1. The van der Waals surface area contributed by atoms with Crippen LogP contribution in [0.2, 0.25) is 0 Å². The van der Waals surface area contributed by atoms with Crippen LogP contribution in [-0.4, -0.2) is 34.6 Å². The molecular formula is C22H22N4O3S. The maximum Gasteiger partial charge on any atom is 0.226 e. The van der Waals surface area contributed by atoms with Crippen LogP contribution in [-0.2, 0) is 4.79 Å². The Balaban J connectivity index is 1.49. The molecule has 0 aliphatic carbocycles. The van der Waals surface area contributed by atoms with Crippen molar-refractivity contribution in [2.75, 3.05) is 19.0 Å². The summed E-state index contributed by atoms with van der Waals surface area (Å²) >= 11 is 5.58. The molecule has 0 saturated carbocycles. The van der Waals surface area contributed by atoms with Crippen molar-refractivity contribution in [2.24, 2.45) is 0 Å². The minimum Gasteiger partial charge on any atom is -0.495 e. The van der Waals surface area contributed by atoms with Crippen LogP contribution in [0.1, 0.15) is 30.0 Å². The Morgan fingerprint density at radius 2 is 2.07 bits per heavy atom. The number of benzene rings is 1. The number of carbonyl (C=O) groups is 1. The van der Waals surface area contributed by atoms with Gasteiger partial charge in [-0.3, -0.25) is 9.78 Å². The van der Waals surface area contributed by atoms with Crippen LogP contribution in [0.5, 0.6) is 5.75 Å². The molecule has 0 radical (unpaired) electrons. The van der Waals surface area contributed by atoms with E-state index in [-0.39, 0.29) is 24.4 Å². The number of pyridine rings is 1. The van der Waals surface area contributed by atoms with Gasteiger partial charge in [0.25, 0.3) is 0 Å². The lowest BCUT2D eigenvalue weighted by molar-refractivity contribution is -0.116. The first-order valence-electron chi connectivity index (χ1n) is 9.61. The molecule has 1 amide bonds. The average Bonchev–Trinajstić information content (AvgIpc) is 3.41. The fraction of sp³-hybridized carbons (Fsp3) is 0.227. The third kappa shape index (κ3) is 4.13. The lowest BCUT2D eigenvalue weighted by Crippen LogP contribution is -2.32. The molecule has 1 aliphatic heterocycles. The van der Waals surface area contributed by atoms with Gasteiger partial charge < -0.3 is 24.7 Å². The highest BCUT2D eigenvalue weighted by molar-refractivity contribution is 7.80. The Morgan fingerprint density at radius 3 is 2.80 bits per heavy atom. The maximum absolute atomic E-state index is 12.6. The number of ether oxygens (including phenoxy) is 1. The molecule has 1 aromatic carbocycles. The van der Waals surface area contributed by atoms with Crippen LogP contribution < -0.4 is 15.4 Å². The molecular weight excluding hydrogens is 400 g/mol. The number of nitrogens with one attached hydrogen (secondary N) is 2. The van der Waals surface area contributed by atoms with Crippen molar-refractivity contribution < 1.29 is 13.9 Å². The number of anilines is 1. The molecule has 4 rings (SSSR count). The molecule has 8 heteroatoms. The first-order chi connectivity index (χ1) is 14.7. The summed E-state index contributed by atoms with van der Waals surface area (Å²) in [5.74, 6) is 1.26. The van der Waals surface area contributed by atoms with Crippen molar-refractivity contribution in [1.29, 1.82) is 0 Å². The molecule has 2 unspecified atom stereocenters. The number of amides is 1. The molecule has 0 spiro atoms. The summed E-state index contributed by atoms with van der Waals surface area (Å²) in [4.78, 5) is 19.1. The highest BCUT2D eigenvalue weighted by Gasteiger charge is 2.41. The Bertz CT molecular complexity index is 1010. The quantitative estimate of drug-likeness (QED) is 0.562. The molecule has 7 nitrogen and oxygen atoms in total. The van der Waals surface area contributed by atoms with Gasteiger partial charge in [-0.1, -0.05) is 18.2 Å². The molecule has 3 aromatic rings. The summed E-state index contributed by atoms with van der Waals surface area (Å²) in [6, 6.07) is 16.5. The SMILES string of the molecule is COc1ccccc1NC(=O)CCN1C(=S)NC(c2ccccn2)C1c1ccco1. The summed E-state index contributed by atoms with van der Waals surface area (Å²) in [6.45, 7) is 0.432. The van der Waals surface area contributed by atoms with Gasteiger partial charge >= 0.3 is 0 Å². The van der Waals surface area contributed by atoms with Crippen LogP contribution in [0, 0.1) is 0 Å². The summed E-state index contributed by atoms with van der Waals surface area (Å²) in [5.41, 5.74) is 1.50. The third-order valence-electron chi connectivity index (χ3n) is 4.99. The van der Waals surface area contributed by atoms with Gasteiger partial charge in [-0.05, 0) is 48.6 Å². The predicted molar refractivity (Wildman–Crippen MR) is 117 cm³/mol. The van der Waals surface area contributed by atoms with Gasteiger partial charge in [0.05, 0.1) is 30.8 Å². The number of rotatable bonds is 7. The first kappa shape index (κ1) is 19.9. The van der Waals surface area contributed by atoms with E-state index in [0.717, 1.165) is 11.5 Å². The van der Waals surface area contributed by atoms with E-state index in [1.54, 1.807) is 25.6 Å². The van der Waals surface area contributed by atoms with Gasteiger partial charge in [-0.15, -0.1) is 0 Å². The highest BCUT2D eigenvalue weighted by atomic mass is 32.1. The minimum atomic E-state index is -0.193. The van der Waals surface area contributed by atoms with E-state index < -0.39 is 0 Å². The van der Waals surface area contributed by atoms with Crippen molar-refractivity contribution in [3.8, 4) is 5.75 Å². The number of hydrogen-bond acceptors (Lipinski definition) is 5. The third-order valence-corrected chi connectivity index (χ3v) is 5.35.